The lowest BCUT2D eigenvalue weighted by Gasteiger charge is -2.09. The highest BCUT2D eigenvalue weighted by Gasteiger charge is 2.12. The molecule has 0 amide bonds. The molecule has 1 aromatic carbocycles. The molecule has 0 aliphatic heterocycles. The number of benzene rings is 1. The second-order valence-corrected chi connectivity index (χ2v) is 7.79. The van der Waals surface area contributed by atoms with E-state index < -0.39 is 9.84 Å². The predicted molar refractivity (Wildman–Crippen MR) is 97.2 cm³/mol. The summed E-state index contributed by atoms with van der Waals surface area (Å²) >= 11 is 0. The van der Waals surface area contributed by atoms with Crippen molar-refractivity contribution >= 4 is 32.4 Å². The molecule has 0 aliphatic rings. The molecule has 4 N–H and O–H groups in total. The Bertz CT molecular complexity index is 1100. The van der Waals surface area contributed by atoms with Gasteiger partial charge in [-0.3, -0.25) is 5.10 Å². The van der Waals surface area contributed by atoms with E-state index in [1.54, 1.807) is 12.1 Å². The average Bonchev–Trinajstić information content (AvgIpc) is 2.97. The molecule has 3 rings (SSSR count). The van der Waals surface area contributed by atoms with Crippen molar-refractivity contribution in [3.63, 3.8) is 0 Å². The van der Waals surface area contributed by atoms with Crippen LogP contribution in [0, 0.1) is 11.3 Å². The minimum absolute atomic E-state index is 0.200. The molecule has 2 aromatic heterocycles. The van der Waals surface area contributed by atoms with Crippen molar-refractivity contribution in [2.45, 2.75) is 17.7 Å². The van der Waals surface area contributed by atoms with Crippen LogP contribution in [0.2, 0.25) is 0 Å². The number of aromatic nitrogens is 4. The van der Waals surface area contributed by atoms with Crippen molar-refractivity contribution in [2.75, 3.05) is 23.9 Å². The second-order valence-electron chi connectivity index (χ2n) is 5.78. The third-order valence-electron chi connectivity index (χ3n) is 3.91. The molecule has 0 unspecified atom stereocenters. The normalized spacial score (nSPS) is 11.4. The SMILES string of the molecule is CS(=O)(=O)c1ccc2ncnc(NCCCc3[nH]nc(N)c3C#N)c2c1. The van der Waals surface area contributed by atoms with Gasteiger partial charge in [0.2, 0.25) is 0 Å². The molecule has 0 saturated carbocycles. The number of aromatic amines is 1. The Hall–Kier alpha value is -3.19. The topological polar surface area (TPSA) is 150 Å². The monoisotopic (exact) mass is 371 g/mol. The number of nitrogens with zero attached hydrogens (tertiary/aromatic N) is 4. The maximum atomic E-state index is 11.8. The molecule has 0 atom stereocenters. The number of rotatable bonds is 6. The van der Waals surface area contributed by atoms with E-state index in [2.05, 4.69) is 25.5 Å². The first-order valence-corrected chi connectivity index (χ1v) is 9.71. The van der Waals surface area contributed by atoms with Crippen LogP contribution >= 0.6 is 0 Å². The second kappa shape index (κ2) is 6.97. The number of nitrogens with two attached hydrogens (primary N) is 1. The highest BCUT2D eigenvalue weighted by atomic mass is 32.2. The summed E-state index contributed by atoms with van der Waals surface area (Å²) in [6.07, 6.45) is 3.88. The fourth-order valence-electron chi connectivity index (χ4n) is 2.58. The van der Waals surface area contributed by atoms with E-state index in [4.69, 9.17) is 11.0 Å². The zero-order valence-electron chi connectivity index (χ0n) is 14.0. The first kappa shape index (κ1) is 17.6. The average molecular weight is 371 g/mol. The molecule has 0 saturated heterocycles. The Morgan fingerprint density at radius 2 is 2.15 bits per heavy atom. The van der Waals surface area contributed by atoms with Gasteiger partial charge >= 0.3 is 0 Å². The lowest BCUT2D eigenvalue weighted by molar-refractivity contribution is 0.602. The minimum Gasteiger partial charge on any atom is -0.381 e. The van der Waals surface area contributed by atoms with Gasteiger partial charge in [0, 0.05) is 18.2 Å². The van der Waals surface area contributed by atoms with Crippen LogP contribution in [0.1, 0.15) is 17.7 Å². The molecule has 0 radical (unpaired) electrons. The van der Waals surface area contributed by atoms with Gasteiger partial charge in [0.05, 0.1) is 16.1 Å². The smallest absolute Gasteiger partial charge is 0.175 e. The molecule has 0 fully saturated rings. The lowest BCUT2D eigenvalue weighted by atomic mass is 10.1. The van der Waals surface area contributed by atoms with Gasteiger partial charge in [-0.05, 0) is 31.0 Å². The van der Waals surface area contributed by atoms with E-state index in [0.29, 0.717) is 47.4 Å². The Morgan fingerprint density at radius 3 is 2.88 bits per heavy atom. The molecule has 3 aromatic rings. The van der Waals surface area contributed by atoms with Crippen LogP contribution in [0.4, 0.5) is 11.6 Å². The number of nitrogen functional groups attached to an aromatic ring is 1. The van der Waals surface area contributed by atoms with Gasteiger partial charge in [-0.1, -0.05) is 0 Å². The third-order valence-corrected chi connectivity index (χ3v) is 5.02. The van der Waals surface area contributed by atoms with Gasteiger partial charge in [-0.15, -0.1) is 0 Å². The van der Waals surface area contributed by atoms with Crippen LogP contribution < -0.4 is 11.1 Å². The number of H-pyrrole nitrogens is 1. The first-order chi connectivity index (χ1) is 12.4. The highest BCUT2D eigenvalue weighted by molar-refractivity contribution is 7.90. The number of sulfone groups is 1. The largest absolute Gasteiger partial charge is 0.381 e. The molecule has 0 bridgehead atoms. The zero-order valence-corrected chi connectivity index (χ0v) is 14.8. The number of hydrogen-bond acceptors (Lipinski definition) is 8. The van der Waals surface area contributed by atoms with Crippen LogP contribution in [0.5, 0.6) is 0 Å². The number of aryl methyl sites for hydroxylation is 1. The van der Waals surface area contributed by atoms with E-state index in [1.165, 1.54) is 12.4 Å². The Balaban J connectivity index is 1.73. The summed E-state index contributed by atoms with van der Waals surface area (Å²) in [5.41, 5.74) is 7.33. The van der Waals surface area contributed by atoms with Crippen LogP contribution in [0.15, 0.2) is 29.4 Å². The molecular formula is C16H17N7O2S. The van der Waals surface area contributed by atoms with E-state index in [9.17, 15) is 8.42 Å². The van der Waals surface area contributed by atoms with Crippen LogP contribution in [-0.2, 0) is 16.3 Å². The number of nitrogens with one attached hydrogen (secondary N) is 2. The zero-order chi connectivity index (χ0) is 18.7. The summed E-state index contributed by atoms with van der Waals surface area (Å²) in [7, 11) is -3.31. The standard InChI is InChI=1S/C16H17N7O2S/c1-26(24,25)10-4-5-13-11(7-10)16(21-9-20-13)19-6-2-3-14-12(8-17)15(18)23-22-14/h4-5,7,9H,2-3,6H2,1H3,(H3,18,22,23)(H,19,20,21). The highest BCUT2D eigenvalue weighted by Crippen LogP contribution is 2.23. The van der Waals surface area contributed by atoms with Gasteiger partial charge in [-0.25, -0.2) is 18.4 Å². The van der Waals surface area contributed by atoms with Crippen molar-refractivity contribution < 1.29 is 8.42 Å². The first-order valence-electron chi connectivity index (χ1n) is 7.81. The molecule has 0 aliphatic carbocycles. The van der Waals surface area contributed by atoms with Crippen LogP contribution in [0.3, 0.4) is 0 Å². The molecule has 134 valence electrons. The Labute approximate surface area is 150 Å². The lowest BCUT2D eigenvalue weighted by Crippen LogP contribution is -2.06. The summed E-state index contributed by atoms with van der Waals surface area (Å²) in [4.78, 5) is 8.58. The summed E-state index contributed by atoms with van der Waals surface area (Å²) in [5.74, 6) is 0.760. The maximum Gasteiger partial charge on any atom is 0.175 e. The number of anilines is 2. The van der Waals surface area contributed by atoms with Crippen molar-refractivity contribution in [1.82, 2.24) is 20.2 Å². The molecular weight excluding hydrogens is 354 g/mol. The van der Waals surface area contributed by atoms with Gasteiger partial charge in [-0.2, -0.15) is 10.4 Å². The number of nitriles is 1. The summed E-state index contributed by atoms with van der Waals surface area (Å²) in [6.45, 7) is 0.568. The quantitative estimate of drug-likeness (QED) is 0.548. The van der Waals surface area contributed by atoms with Gasteiger partial charge in [0.15, 0.2) is 15.7 Å². The van der Waals surface area contributed by atoms with Crippen molar-refractivity contribution in [1.29, 1.82) is 5.26 Å². The van der Waals surface area contributed by atoms with Crippen molar-refractivity contribution in [3.8, 4) is 6.07 Å². The summed E-state index contributed by atoms with van der Waals surface area (Å²) in [5, 5.41) is 19.5. The summed E-state index contributed by atoms with van der Waals surface area (Å²) < 4.78 is 23.5. The van der Waals surface area contributed by atoms with Gasteiger partial charge in [0.25, 0.3) is 0 Å². The molecule has 26 heavy (non-hydrogen) atoms. The van der Waals surface area contributed by atoms with E-state index >= 15 is 0 Å². The fourth-order valence-corrected chi connectivity index (χ4v) is 3.23. The third kappa shape index (κ3) is 3.57. The number of hydrogen-bond donors (Lipinski definition) is 3. The Morgan fingerprint density at radius 1 is 1.35 bits per heavy atom. The van der Waals surface area contributed by atoms with Gasteiger partial charge in [0.1, 0.15) is 23.8 Å². The van der Waals surface area contributed by atoms with Crippen molar-refractivity contribution in [2.24, 2.45) is 0 Å². The van der Waals surface area contributed by atoms with Crippen LogP contribution in [-0.4, -0.2) is 41.4 Å². The maximum absolute atomic E-state index is 11.8. The molecule has 10 heteroatoms. The fraction of sp³-hybridized carbons (Fsp3) is 0.250. The molecule has 0 spiro atoms. The van der Waals surface area contributed by atoms with Crippen molar-refractivity contribution in [3.05, 3.63) is 35.8 Å². The molecule has 2 heterocycles. The number of fused-ring (bicyclic) bond motifs is 1. The van der Waals surface area contributed by atoms with E-state index in [0.717, 1.165) is 6.26 Å². The minimum atomic E-state index is -3.31. The summed E-state index contributed by atoms with van der Waals surface area (Å²) in [6, 6.07) is 6.78. The van der Waals surface area contributed by atoms with Gasteiger partial charge < -0.3 is 11.1 Å². The predicted octanol–water partition coefficient (Wildman–Crippen LogP) is 1.25. The molecule has 9 nitrogen and oxygen atoms in total. The Kier molecular flexibility index (Phi) is 4.73. The van der Waals surface area contributed by atoms with E-state index in [-0.39, 0.29) is 10.7 Å². The van der Waals surface area contributed by atoms with E-state index in [1.807, 2.05) is 6.07 Å². The van der Waals surface area contributed by atoms with Crippen LogP contribution in [0.25, 0.3) is 10.9 Å².